The van der Waals surface area contributed by atoms with Crippen molar-refractivity contribution in [2.45, 2.75) is 25.4 Å². The van der Waals surface area contributed by atoms with E-state index in [4.69, 9.17) is 11.6 Å². The highest BCUT2D eigenvalue weighted by molar-refractivity contribution is 6.25. The molecule has 2 rings (SSSR count). The molecule has 1 aliphatic heterocycles. The van der Waals surface area contributed by atoms with Crippen LogP contribution in [0.15, 0.2) is 41.9 Å². The largest absolute Gasteiger partial charge is 0.309 e. The molecule has 0 bridgehead atoms. The van der Waals surface area contributed by atoms with E-state index in [2.05, 4.69) is 47.5 Å². The second-order valence-corrected chi connectivity index (χ2v) is 5.12. The summed E-state index contributed by atoms with van der Waals surface area (Å²) in [5, 5.41) is 3.64. The summed E-state index contributed by atoms with van der Waals surface area (Å²) < 4.78 is 0. The monoisotopic (exact) mass is 264 g/mol. The Bertz CT molecular complexity index is 377. The van der Waals surface area contributed by atoms with Crippen LogP contribution in [0.25, 0.3) is 0 Å². The van der Waals surface area contributed by atoms with Gasteiger partial charge in [0.1, 0.15) is 0 Å². The number of nitrogens with one attached hydrogen (secondary N) is 1. The van der Waals surface area contributed by atoms with Crippen LogP contribution in [0.1, 0.15) is 24.9 Å². The lowest BCUT2D eigenvalue weighted by Crippen LogP contribution is -2.35. The van der Waals surface area contributed by atoms with Gasteiger partial charge in [0.05, 0.1) is 0 Å². The Hall–Kier alpha value is -0.830. The van der Waals surface area contributed by atoms with Crippen molar-refractivity contribution in [2.75, 3.05) is 19.6 Å². The van der Waals surface area contributed by atoms with Gasteiger partial charge in [0.25, 0.3) is 0 Å². The number of hydrogen-bond donors (Lipinski definition) is 1. The summed E-state index contributed by atoms with van der Waals surface area (Å²) in [6.45, 7) is 5.32. The van der Waals surface area contributed by atoms with Gasteiger partial charge in [0, 0.05) is 30.7 Å². The summed E-state index contributed by atoms with van der Waals surface area (Å²) in [6, 6.07) is 11.7. The van der Waals surface area contributed by atoms with E-state index < -0.39 is 0 Å². The Balaban J connectivity index is 2.08. The van der Waals surface area contributed by atoms with Crippen molar-refractivity contribution in [1.29, 1.82) is 0 Å². The maximum Gasteiger partial charge on any atom is 0.0449 e. The highest BCUT2D eigenvalue weighted by Gasteiger charge is 2.22. The minimum atomic E-state index is 0.417. The third-order valence-electron chi connectivity index (χ3n) is 3.62. The first-order valence-corrected chi connectivity index (χ1v) is 7.02. The van der Waals surface area contributed by atoms with E-state index in [9.17, 15) is 0 Å². The molecule has 0 saturated carbocycles. The molecule has 18 heavy (non-hydrogen) atoms. The van der Waals surface area contributed by atoms with E-state index in [0.717, 1.165) is 19.6 Å². The standard InChI is InChI=1S/C15H21ClN2/c1-13-8-10-17-15(12-18(13)11-5-9-16)14-6-3-2-4-7-14/h2-7,9,13,15,17H,8,10-12H2,1H3/b9-5+. The molecule has 1 fully saturated rings. The van der Waals surface area contributed by atoms with Crippen LogP contribution in [0.5, 0.6) is 0 Å². The van der Waals surface area contributed by atoms with Crippen LogP contribution in [0.3, 0.4) is 0 Å². The van der Waals surface area contributed by atoms with E-state index >= 15 is 0 Å². The average Bonchev–Trinajstić information content (AvgIpc) is 2.60. The van der Waals surface area contributed by atoms with Gasteiger partial charge in [-0.2, -0.15) is 0 Å². The minimum absolute atomic E-state index is 0.417. The molecule has 2 nitrogen and oxygen atoms in total. The summed E-state index contributed by atoms with van der Waals surface area (Å²) in [5.74, 6) is 0. The average molecular weight is 265 g/mol. The van der Waals surface area contributed by atoms with Gasteiger partial charge in [-0.3, -0.25) is 4.90 Å². The van der Waals surface area contributed by atoms with Crippen LogP contribution in [-0.4, -0.2) is 30.6 Å². The summed E-state index contributed by atoms with van der Waals surface area (Å²) in [6.07, 6.45) is 3.20. The number of halogens is 1. The first-order chi connectivity index (χ1) is 8.81. The van der Waals surface area contributed by atoms with Gasteiger partial charge in [0.15, 0.2) is 0 Å². The smallest absolute Gasteiger partial charge is 0.0449 e. The van der Waals surface area contributed by atoms with Crippen molar-refractivity contribution in [3.63, 3.8) is 0 Å². The first kappa shape index (κ1) is 13.6. The van der Waals surface area contributed by atoms with Gasteiger partial charge in [0.2, 0.25) is 0 Å². The number of nitrogens with zero attached hydrogens (tertiary/aromatic N) is 1. The van der Waals surface area contributed by atoms with Crippen LogP contribution >= 0.6 is 11.6 Å². The zero-order valence-corrected chi connectivity index (χ0v) is 11.6. The van der Waals surface area contributed by atoms with E-state index in [1.807, 2.05) is 6.08 Å². The van der Waals surface area contributed by atoms with E-state index in [1.165, 1.54) is 12.0 Å². The van der Waals surface area contributed by atoms with E-state index in [0.29, 0.717) is 12.1 Å². The molecule has 2 unspecified atom stereocenters. The molecule has 0 spiro atoms. The van der Waals surface area contributed by atoms with Crippen molar-refractivity contribution in [2.24, 2.45) is 0 Å². The highest BCUT2D eigenvalue weighted by Crippen LogP contribution is 2.19. The van der Waals surface area contributed by atoms with Crippen molar-refractivity contribution in [3.8, 4) is 0 Å². The van der Waals surface area contributed by atoms with Gasteiger partial charge >= 0.3 is 0 Å². The van der Waals surface area contributed by atoms with Crippen molar-refractivity contribution >= 4 is 11.6 Å². The van der Waals surface area contributed by atoms with Crippen molar-refractivity contribution < 1.29 is 0 Å². The Labute approximate surface area is 115 Å². The second kappa shape index (κ2) is 6.93. The van der Waals surface area contributed by atoms with E-state index in [1.54, 1.807) is 5.54 Å². The highest BCUT2D eigenvalue weighted by atomic mass is 35.5. The fourth-order valence-electron chi connectivity index (χ4n) is 2.47. The SMILES string of the molecule is CC1CCNC(c2ccccc2)CN1C/C=C/Cl. The molecule has 0 aromatic heterocycles. The zero-order chi connectivity index (χ0) is 12.8. The van der Waals surface area contributed by atoms with Crippen LogP contribution in [0.2, 0.25) is 0 Å². The normalized spacial score (nSPS) is 26.3. The number of rotatable bonds is 3. The van der Waals surface area contributed by atoms with E-state index in [-0.39, 0.29) is 0 Å². The molecule has 3 heteroatoms. The third kappa shape index (κ3) is 3.58. The fraction of sp³-hybridized carbons (Fsp3) is 0.467. The van der Waals surface area contributed by atoms with Crippen LogP contribution in [0.4, 0.5) is 0 Å². The van der Waals surface area contributed by atoms with Gasteiger partial charge < -0.3 is 5.32 Å². The molecule has 1 aromatic rings. The maximum absolute atomic E-state index is 5.64. The molecule has 0 radical (unpaired) electrons. The summed E-state index contributed by atoms with van der Waals surface area (Å²) >= 11 is 5.64. The number of hydrogen-bond acceptors (Lipinski definition) is 2. The molecule has 1 aromatic carbocycles. The summed E-state index contributed by atoms with van der Waals surface area (Å²) in [4.78, 5) is 2.48. The topological polar surface area (TPSA) is 15.3 Å². The lowest BCUT2D eigenvalue weighted by Gasteiger charge is -2.28. The molecule has 0 aliphatic carbocycles. The summed E-state index contributed by atoms with van der Waals surface area (Å²) in [5.41, 5.74) is 2.98. The molecule has 2 atom stereocenters. The van der Waals surface area contributed by atoms with Crippen molar-refractivity contribution in [1.82, 2.24) is 10.2 Å². The Morgan fingerprint density at radius 2 is 2.17 bits per heavy atom. The molecular formula is C15H21ClN2. The summed E-state index contributed by atoms with van der Waals surface area (Å²) in [7, 11) is 0. The lowest BCUT2D eigenvalue weighted by molar-refractivity contribution is 0.227. The lowest BCUT2D eigenvalue weighted by atomic mass is 10.1. The quantitative estimate of drug-likeness (QED) is 0.902. The first-order valence-electron chi connectivity index (χ1n) is 6.59. The Kier molecular flexibility index (Phi) is 5.24. The molecule has 1 heterocycles. The Morgan fingerprint density at radius 3 is 2.89 bits per heavy atom. The van der Waals surface area contributed by atoms with Gasteiger partial charge in [-0.15, -0.1) is 0 Å². The second-order valence-electron chi connectivity index (χ2n) is 4.87. The minimum Gasteiger partial charge on any atom is -0.309 e. The van der Waals surface area contributed by atoms with Gasteiger partial charge in [-0.05, 0) is 25.5 Å². The molecule has 1 aliphatic rings. The fourth-order valence-corrected chi connectivity index (χ4v) is 2.55. The van der Waals surface area contributed by atoms with Crippen LogP contribution in [-0.2, 0) is 0 Å². The Morgan fingerprint density at radius 1 is 1.39 bits per heavy atom. The maximum atomic E-state index is 5.64. The zero-order valence-electron chi connectivity index (χ0n) is 10.8. The van der Waals surface area contributed by atoms with Crippen LogP contribution in [0, 0.1) is 0 Å². The number of benzene rings is 1. The molecule has 98 valence electrons. The predicted molar refractivity (Wildman–Crippen MR) is 77.8 cm³/mol. The van der Waals surface area contributed by atoms with Gasteiger partial charge in [-0.1, -0.05) is 48.0 Å². The van der Waals surface area contributed by atoms with Gasteiger partial charge in [-0.25, -0.2) is 0 Å². The molecule has 1 N–H and O–H groups in total. The molecule has 1 saturated heterocycles. The molecular weight excluding hydrogens is 244 g/mol. The van der Waals surface area contributed by atoms with Crippen LogP contribution < -0.4 is 5.32 Å². The predicted octanol–water partition coefficient (Wildman–Crippen LogP) is 3.16. The van der Waals surface area contributed by atoms with Crippen molar-refractivity contribution in [3.05, 3.63) is 47.5 Å². The third-order valence-corrected chi connectivity index (χ3v) is 3.80. The molecule has 0 amide bonds.